The quantitative estimate of drug-likeness (QED) is 0.251. The first-order valence-electron chi connectivity index (χ1n) is 9.89. The van der Waals surface area contributed by atoms with E-state index in [0.717, 1.165) is 16.9 Å². The van der Waals surface area contributed by atoms with Crippen LogP contribution in [0.25, 0.3) is 11.4 Å². The van der Waals surface area contributed by atoms with Gasteiger partial charge in [-0.15, -0.1) is 28.1 Å². The van der Waals surface area contributed by atoms with Gasteiger partial charge >= 0.3 is 5.97 Å². The molecule has 10 nitrogen and oxygen atoms in total. The number of hydrogen-bond acceptors (Lipinski definition) is 9. The number of thioether (sulfide) groups is 1. The molecule has 12 heteroatoms. The van der Waals surface area contributed by atoms with Crippen LogP contribution in [0.3, 0.4) is 0 Å². The third-order valence-electron chi connectivity index (χ3n) is 4.56. The number of esters is 1. The predicted molar refractivity (Wildman–Crippen MR) is 126 cm³/mol. The van der Waals surface area contributed by atoms with E-state index in [1.807, 2.05) is 11.5 Å². The fourth-order valence-electron chi connectivity index (χ4n) is 3.08. The minimum atomic E-state index is -0.683. The predicted octanol–water partition coefficient (Wildman–Crippen LogP) is 3.41. The number of nitrogens with two attached hydrogens (primary N) is 1. The average Bonchev–Trinajstić information content (AvgIpc) is 3.44. The molecule has 33 heavy (non-hydrogen) atoms. The molecule has 3 heterocycles. The zero-order valence-electron chi connectivity index (χ0n) is 18.3. The summed E-state index contributed by atoms with van der Waals surface area (Å²) in [5.74, 6) is -0.410. The van der Waals surface area contributed by atoms with Crippen LogP contribution in [0.15, 0.2) is 34.6 Å². The van der Waals surface area contributed by atoms with Gasteiger partial charge in [0.25, 0.3) is 5.91 Å². The molecule has 0 radical (unpaired) electrons. The number of allylic oxidation sites excluding steroid dienone is 1. The zero-order chi connectivity index (χ0) is 24.1. The van der Waals surface area contributed by atoms with Crippen molar-refractivity contribution in [2.24, 2.45) is 5.73 Å². The maximum absolute atomic E-state index is 12.7. The summed E-state index contributed by atoms with van der Waals surface area (Å²) in [5.41, 5.74) is 6.70. The Kier molecular flexibility index (Phi) is 7.71. The van der Waals surface area contributed by atoms with Crippen LogP contribution in [0.2, 0.25) is 0 Å². The topological polar surface area (TPSA) is 142 Å². The Morgan fingerprint density at radius 2 is 2.12 bits per heavy atom. The standard InChI is InChI=1S/C21H23N5O5S2/c1-5-8-26-18(13-7-9-31-12(13)4)24-25-21(26)32-10-14(27)23-19-15(20(29)30-6-2)11(3)16(33-19)17(22)28/h5,7,9H,1,6,8,10H2,2-4H3,(H2,22,28)(H,23,27). The van der Waals surface area contributed by atoms with Gasteiger partial charge in [0.05, 0.1) is 34.6 Å². The number of aryl methyl sites for hydroxylation is 1. The van der Waals surface area contributed by atoms with Crippen LogP contribution in [-0.4, -0.2) is 44.9 Å². The van der Waals surface area contributed by atoms with Gasteiger partial charge in [-0.25, -0.2) is 4.79 Å². The van der Waals surface area contributed by atoms with Gasteiger partial charge in [-0.05, 0) is 32.4 Å². The lowest BCUT2D eigenvalue weighted by molar-refractivity contribution is -0.113. The normalized spacial score (nSPS) is 10.8. The Balaban J connectivity index is 1.79. The summed E-state index contributed by atoms with van der Waals surface area (Å²) in [7, 11) is 0. The summed E-state index contributed by atoms with van der Waals surface area (Å²) >= 11 is 2.12. The Morgan fingerprint density at radius 3 is 2.73 bits per heavy atom. The van der Waals surface area contributed by atoms with Crippen LogP contribution >= 0.6 is 23.1 Å². The number of anilines is 1. The fraction of sp³-hybridized carbons (Fsp3) is 0.286. The SMILES string of the molecule is C=CCn1c(SCC(=O)Nc2sc(C(N)=O)c(C)c2C(=O)OCC)nnc1-c1ccoc1C. The zero-order valence-corrected chi connectivity index (χ0v) is 20.0. The number of carbonyl (C=O) groups is 3. The molecule has 0 bridgehead atoms. The first-order chi connectivity index (χ1) is 15.8. The lowest BCUT2D eigenvalue weighted by atomic mass is 10.1. The highest BCUT2D eigenvalue weighted by molar-refractivity contribution is 7.99. The van der Waals surface area contributed by atoms with Crippen LogP contribution < -0.4 is 11.1 Å². The van der Waals surface area contributed by atoms with Gasteiger partial charge in [0, 0.05) is 6.54 Å². The second-order valence-electron chi connectivity index (χ2n) is 6.78. The largest absolute Gasteiger partial charge is 0.469 e. The van der Waals surface area contributed by atoms with Crippen LogP contribution in [0.1, 0.15) is 38.3 Å². The Hall–Kier alpha value is -3.38. The molecule has 3 aromatic rings. The third kappa shape index (κ3) is 5.17. The molecule has 0 saturated carbocycles. The van der Waals surface area contributed by atoms with E-state index in [0.29, 0.717) is 28.8 Å². The van der Waals surface area contributed by atoms with Crippen molar-refractivity contribution >= 4 is 45.9 Å². The number of rotatable bonds is 10. The summed E-state index contributed by atoms with van der Waals surface area (Å²) in [5, 5.41) is 11.9. The molecule has 3 aromatic heterocycles. The molecule has 174 valence electrons. The van der Waals surface area contributed by atoms with Crippen LogP contribution in [0.4, 0.5) is 5.00 Å². The number of carbonyl (C=O) groups excluding carboxylic acids is 3. The van der Waals surface area contributed by atoms with E-state index in [1.54, 1.807) is 32.3 Å². The molecule has 0 atom stereocenters. The molecule has 0 aliphatic carbocycles. The molecule has 0 aliphatic heterocycles. The summed E-state index contributed by atoms with van der Waals surface area (Å²) in [6.07, 6.45) is 3.28. The molecule has 0 fully saturated rings. The molecule has 0 aliphatic rings. The van der Waals surface area contributed by atoms with Crippen molar-refractivity contribution in [3.63, 3.8) is 0 Å². The van der Waals surface area contributed by atoms with Crippen molar-refractivity contribution in [2.75, 3.05) is 17.7 Å². The van der Waals surface area contributed by atoms with Gasteiger partial charge in [0.2, 0.25) is 5.91 Å². The van der Waals surface area contributed by atoms with Gasteiger partial charge in [-0.1, -0.05) is 17.8 Å². The van der Waals surface area contributed by atoms with Crippen molar-refractivity contribution in [1.82, 2.24) is 14.8 Å². The van der Waals surface area contributed by atoms with Gasteiger partial charge in [-0.2, -0.15) is 0 Å². The Labute approximate surface area is 198 Å². The van der Waals surface area contributed by atoms with Crippen molar-refractivity contribution in [2.45, 2.75) is 32.5 Å². The van der Waals surface area contributed by atoms with E-state index in [4.69, 9.17) is 14.9 Å². The second kappa shape index (κ2) is 10.5. The van der Waals surface area contributed by atoms with Crippen LogP contribution in [0, 0.1) is 13.8 Å². The maximum atomic E-state index is 12.7. The van der Waals surface area contributed by atoms with Gasteiger partial charge in [-0.3, -0.25) is 14.2 Å². The lowest BCUT2D eigenvalue weighted by Crippen LogP contribution is -2.17. The molecule has 0 spiro atoms. The summed E-state index contributed by atoms with van der Waals surface area (Å²) in [6, 6.07) is 1.80. The Bertz CT molecular complexity index is 1210. The number of amides is 2. The van der Waals surface area contributed by atoms with E-state index in [9.17, 15) is 14.4 Å². The molecule has 2 amide bonds. The number of aromatic nitrogens is 3. The average molecular weight is 490 g/mol. The van der Waals surface area contributed by atoms with Gasteiger partial charge in [0.1, 0.15) is 10.8 Å². The number of thiophene rings is 1. The summed E-state index contributed by atoms with van der Waals surface area (Å²) < 4.78 is 12.2. The third-order valence-corrected chi connectivity index (χ3v) is 6.75. The van der Waals surface area contributed by atoms with E-state index >= 15 is 0 Å². The van der Waals surface area contributed by atoms with Crippen LogP contribution in [0.5, 0.6) is 0 Å². The van der Waals surface area contributed by atoms with Crippen molar-refractivity contribution in [3.05, 3.63) is 46.7 Å². The highest BCUT2D eigenvalue weighted by atomic mass is 32.2. The number of furan rings is 1. The minimum Gasteiger partial charge on any atom is -0.469 e. The monoisotopic (exact) mass is 489 g/mol. The van der Waals surface area contributed by atoms with Crippen molar-refractivity contribution < 1.29 is 23.5 Å². The lowest BCUT2D eigenvalue weighted by Gasteiger charge is -2.08. The highest BCUT2D eigenvalue weighted by Crippen LogP contribution is 2.34. The fourth-order valence-corrected chi connectivity index (χ4v) is 4.89. The molecular weight excluding hydrogens is 466 g/mol. The molecule has 0 saturated heterocycles. The van der Waals surface area contributed by atoms with E-state index in [2.05, 4.69) is 22.1 Å². The Morgan fingerprint density at radius 1 is 1.36 bits per heavy atom. The van der Waals surface area contributed by atoms with Crippen LogP contribution in [-0.2, 0) is 16.1 Å². The summed E-state index contributed by atoms with van der Waals surface area (Å²) in [4.78, 5) is 37.0. The van der Waals surface area contributed by atoms with Crippen molar-refractivity contribution in [3.8, 4) is 11.4 Å². The number of ether oxygens (including phenoxy) is 1. The smallest absolute Gasteiger partial charge is 0.341 e. The first kappa shape index (κ1) is 24.3. The van der Waals surface area contributed by atoms with Gasteiger partial charge < -0.3 is 20.2 Å². The summed E-state index contributed by atoms with van der Waals surface area (Å²) in [6.45, 7) is 9.45. The molecule has 3 rings (SSSR count). The number of nitrogens with zero attached hydrogens (tertiary/aromatic N) is 3. The minimum absolute atomic E-state index is 0.00916. The van der Waals surface area contributed by atoms with Gasteiger partial charge in [0.15, 0.2) is 11.0 Å². The molecule has 0 aromatic carbocycles. The number of nitrogens with one attached hydrogen (secondary N) is 1. The van der Waals surface area contributed by atoms with Crippen molar-refractivity contribution in [1.29, 1.82) is 0 Å². The first-order valence-corrected chi connectivity index (χ1v) is 11.7. The maximum Gasteiger partial charge on any atom is 0.341 e. The molecular formula is C21H23N5O5S2. The second-order valence-corrected chi connectivity index (χ2v) is 8.74. The molecule has 3 N–H and O–H groups in total. The highest BCUT2D eigenvalue weighted by Gasteiger charge is 2.26. The van der Waals surface area contributed by atoms with E-state index in [1.165, 1.54) is 11.8 Å². The molecule has 0 unspecified atom stereocenters. The number of hydrogen-bond donors (Lipinski definition) is 2. The van der Waals surface area contributed by atoms with E-state index in [-0.39, 0.29) is 27.8 Å². The van der Waals surface area contributed by atoms with E-state index < -0.39 is 17.8 Å². The number of primary amides is 1.